The molecule has 0 saturated carbocycles. The van der Waals surface area contributed by atoms with Crippen molar-refractivity contribution < 1.29 is 9.59 Å². The van der Waals surface area contributed by atoms with E-state index in [1.165, 1.54) is 5.56 Å². The van der Waals surface area contributed by atoms with Crippen molar-refractivity contribution in [2.75, 3.05) is 32.7 Å². The van der Waals surface area contributed by atoms with E-state index in [9.17, 15) is 9.59 Å². The summed E-state index contributed by atoms with van der Waals surface area (Å²) in [5, 5.41) is 2.79. The second-order valence-corrected chi connectivity index (χ2v) is 7.46. The molecule has 2 saturated heterocycles. The van der Waals surface area contributed by atoms with Gasteiger partial charge in [0.2, 0.25) is 11.8 Å². The second-order valence-electron chi connectivity index (χ2n) is 6.55. The zero-order chi connectivity index (χ0) is 16.9. The Labute approximate surface area is 151 Å². The Bertz CT molecular complexity index is 602. The summed E-state index contributed by atoms with van der Waals surface area (Å²) in [5.41, 5.74) is 1.24. The number of nitrogens with one attached hydrogen (secondary N) is 1. The van der Waals surface area contributed by atoms with Gasteiger partial charge in [0.1, 0.15) is 0 Å². The van der Waals surface area contributed by atoms with E-state index in [2.05, 4.69) is 38.3 Å². The first-order valence-corrected chi connectivity index (χ1v) is 9.47. The van der Waals surface area contributed by atoms with Gasteiger partial charge in [-0.05, 0) is 49.9 Å². The third kappa shape index (κ3) is 4.36. The predicted molar refractivity (Wildman–Crippen MR) is 96.5 cm³/mol. The summed E-state index contributed by atoms with van der Waals surface area (Å²) in [4.78, 5) is 28.3. The van der Waals surface area contributed by atoms with Crippen molar-refractivity contribution >= 4 is 27.7 Å². The minimum Gasteiger partial charge on any atom is -0.346 e. The van der Waals surface area contributed by atoms with Crippen LogP contribution < -0.4 is 5.32 Å². The van der Waals surface area contributed by atoms with Gasteiger partial charge in [-0.25, -0.2) is 0 Å². The molecule has 0 radical (unpaired) electrons. The SMILES string of the molecule is O=C(CN1CCC[C@@H]1c1cccc(Br)c1)NCC(=O)N1CCCC1. The quantitative estimate of drug-likeness (QED) is 0.834. The lowest BCUT2D eigenvalue weighted by atomic mass is 10.0. The number of halogens is 1. The molecule has 1 aromatic rings. The molecule has 1 N–H and O–H groups in total. The molecule has 2 heterocycles. The molecule has 0 spiro atoms. The first-order valence-electron chi connectivity index (χ1n) is 8.67. The maximum absolute atomic E-state index is 12.2. The number of carbonyl (C=O) groups excluding carboxylic acids is 2. The van der Waals surface area contributed by atoms with E-state index < -0.39 is 0 Å². The molecular weight excluding hydrogens is 370 g/mol. The predicted octanol–water partition coefficient (Wildman–Crippen LogP) is 2.32. The van der Waals surface area contributed by atoms with Crippen LogP contribution in [0.5, 0.6) is 0 Å². The third-order valence-electron chi connectivity index (χ3n) is 4.84. The van der Waals surface area contributed by atoms with Gasteiger partial charge in [-0.1, -0.05) is 28.1 Å². The molecule has 5 nitrogen and oxygen atoms in total. The number of amides is 2. The lowest BCUT2D eigenvalue weighted by molar-refractivity contribution is -0.132. The normalized spacial score (nSPS) is 21.2. The summed E-state index contributed by atoms with van der Waals surface area (Å²) in [6.45, 7) is 3.04. The second kappa shape index (κ2) is 8.12. The van der Waals surface area contributed by atoms with E-state index in [0.717, 1.165) is 49.8 Å². The van der Waals surface area contributed by atoms with Crippen LogP contribution in [0.25, 0.3) is 0 Å². The fraction of sp³-hybridized carbons (Fsp3) is 0.556. The van der Waals surface area contributed by atoms with Crippen molar-refractivity contribution in [3.63, 3.8) is 0 Å². The Kier molecular flexibility index (Phi) is 5.89. The highest BCUT2D eigenvalue weighted by Gasteiger charge is 2.28. The molecule has 2 amide bonds. The molecule has 130 valence electrons. The fourth-order valence-electron chi connectivity index (χ4n) is 3.60. The number of hydrogen-bond donors (Lipinski definition) is 1. The van der Waals surface area contributed by atoms with Crippen molar-refractivity contribution in [3.05, 3.63) is 34.3 Å². The average Bonchev–Trinajstić information content (AvgIpc) is 3.24. The molecule has 0 aromatic heterocycles. The van der Waals surface area contributed by atoms with Gasteiger partial charge in [0, 0.05) is 23.6 Å². The van der Waals surface area contributed by atoms with Gasteiger partial charge < -0.3 is 10.2 Å². The minimum absolute atomic E-state index is 0.0332. The summed E-state index contributed by atoms with van der Waals surface area (Å²) in [5.74, 6) is -0.0322. The maximum atomic E-state index is 12.2. The smallest absolute Gasteiger partial charge is 0.241 e. The summed E-state index contributed by atoms with van der Waals surface area (Å²) >= 11 is 3.51. The van der Waals surface area contributed by atoms with Crippen molar-refractivity contribution in [1.82, 2.24) is 15.1 Å². The van der Waals surface area contributed by atoms with Gasteiger partial charge in [-0.15, -0.1) is 0 Å². The van der Waals surface area contributed by atoms with Gasteiger partial charge in [0.15, 0.2) is 0 Å². The Morgan fingerprint density at radius 3 is 2.71 bits per heavy atom. The topological polar surface area (TPSA) is 52.7 Å². The van der Waals surface area contributed by atoms with Crippen molar-refractivity contribution in [2.45, 2.75) is 31.7 Å². The van der Waals surface area contributed by atoms with Crippen LogP contribution in [0.1, 0.15) is 37.3 Å². The highest BCUT2D eigenvalue weighted by molar-refractivity contribution is 9.10. The Morgan fingerprint density at radius 2 is 1.96 bits per heavy atom. The molecule has 1 aromatic carbocycles. The van der Waals surface area contributed by atoms with Crippen LogP contribution in [0.4, 0.5) is 0 Å². The molecule has 2 fully saturated rings. The number of likely N-dealkylation sites (tertiary alicyclic amines) is 2. The largest absolute Gasteiger partial charge is 0.346 e. The summed E-state index contributed by atoms with van der Waals surface area (Å²) in [6, 6.07) is 8.56. The first-order chi connectivity index (χ1) is 11.6. The van der Waals surface area contributed by atoms with Crippen LogP contribution in [0.15, 0.2) is 28.7 Å². The van der Waals surface area contributed by atoms with E-state index >= 15 is 0 Å². The van der Waals surface area contributed by atoms with Crippen molar-refractivity contribution in [2.24, 2.45) is 0 Å². The Morgan fingerprint density at radius 1 is 1.17 bits per heavy atom. The molecule has 0 unspecified atom stereocenters. The van der Waals surface area contributed by atoms with Gasteiger partial charge >= 0.3 is 0 Å². The lowest BCUT2D eigenvalue weighted by Crippen LogP contribution is -2.42. The molecule has 2 aliphatic rings. The summed E-state index contributed by atoms with van der Waals surface area (Å²) < 4.78 is 1.06. The van der Waals surface area contributed by atoms with Crippen LogP contribution in [-0.4, -0.2) is 54.3 Å². The minimum atomic E-state index is -0.0653. The third-order valence-corrected chi connectivity index (χ3v) is 5.33. The van der Waals surface area contributed by atoms with Crippen LogP contribution in [-0.2, 0) is 9.59 Å². The fourth-order valence-corrected chi connectivity index (χ4v) is 4.02. The van der Waals surface area contributed by atoms with E-state index in [1.807, 2.05) is 17.0 Å². The van der Waals surface area contributed by atoms with Gasteiger partial charge in [-0.2, -0.15) is 0 Å². The van der Waals surface area contributed by atoms with Gasteiger partial charge in [-0.3, -0.25) is 14.5 Å². The Hall–Kier alpha value is -1.40. The molecular formula is C18H24BrN3O2. The highest BCUT2D eigenvalue weighted by Crippen LogP contribution is 2.32. The van der Waals surface area contributed by atoms with Crippen molar-refractivity contribution in [1.29, 1.82) is 0 Å². The molecule has 2 aliphatic heterocycles. The van der Waals surface area contributed by atoms with Gasteiger partial charge in [0.05, 0.1) is 13.1 Å². The van der Waals surface area contributed by atoms with E-state index in [4.69, 9.17) is 0 Å². The number of nitrogens with zero attached hydrogens (tertiary/aromatic N) is 2. The van der Waals surface area contributed by atoms with E-state index in [1.54, 1.807) is 0 Å². The lowest BCUT2D eigenvalue weighted by Gasteiger charge is -2.24. The monoisotopic (exact) mass is 393 g/mol. The molecule has 6 heteroatoms. The van der Waals surface area contributed by atoms with Gasteiger partial charge in [0.25, 0.3) is 0 Å². The number of carbonyl (C=O) groups is 2. The Balaban J connectivity index is 1.50. The standard InChI is InChI=1S/C18H24BrN3O2/c19-15-6-3-5-14(11-15)16-7-4-10-22(16)13-17(23)20-12-18(24)21-8-1-2-9-21/h3,5-6,11,16H,1-2,4,7-10,12-13H2,(H,20,23)/t16-/m1/s1. The highest BCUT2D eigenvalue weighted by atomic mass is 79.9. The first kappa shape index (κ1) is 17.4. The molecule has 24 heavy (non-hydrogen) atoms. The van der Waals surface area contributed by atoms with E-state index in [-0.39, 0.29) is 24.4 Å². The molecule has 1 atom stereocenters. The average molecular weight is 394 g/mol. The number of rotatable bonds is 5. The number of hydrogen-bond acceptors (Lipinski definition) is 3. The van der Waals surface area contributed by atoms with Crippen LogP contribution in [0.3, 0.4) is 0 Å². The zero-order valence-corrected chi connectivity index (χ0v) is 15.4. The molecule has 0 bridgehead atoms. The molecule has 3 rings (SSSR count). The van der Waals surface area contributed by atoms with Crippen LogP contribution in [0.2, 0.25) is 0 Å². The number of benzene rings is 1. The van der Waals surface area contributed by atoms with Crippen molar-refractivity contribution in [3.8, 4) is 0 Å². The summed E-state index contributed by atoms with van der Waals surface area (Å²) in [7, 11) is 0. The maximum Gasteiger partial charge on any atom is 0.241 e. The van der Waals surface area contributed by atoms with Crippen LogP contribution in [0, 0.1) is 0 Å². The van der Waals surface area contributed by atoms with E-state index in [0.29, 0.717) is 6.54 Å². The van der Waals surface area contributed by atoms with Crippen LogP contribution >= 0.6 is 15.9 Å². The zero-order valence-electron chi connectivity index (χ0n) is 13.8. The summed E-state index contributed by atoms with van der Waals surface area (Å²) in [6.07, 6.45) is 4.30. The molecule has 0 aliphatic carbocycles.